The molecule has 1 aromatic heterocycles. The highest BCUT2D eigenvalue weighted by Crippen LogP contribution is 2.20. The molecular formula is C14H21NO4S. The van der Waals surface area contributed by atoms with Gasteiger partial charge in [-0.25, -0.2) is 4.79 Å². The molecule has 0 fully saturated rings. The number of esters is 1. The Morgan fingerprint density at radius 2 is 2.20 bits per heavy atom. The van der Waals surface area contributed by atoms with Crippen molar-refractivity contribution in [1.82, 2.24) is 5.32 Å². The van der Waals surface area contributed by atoms with E-state index < -0.39 is 5.97 Å². The van der Waals surface area contributed by atoms with Crippen LogP contribution in [0.1, 0.15) is 42.1 Å². The molecule has 0 aromatic carbocycles. The molecule has 20 heavy (non-hydrogen) atoms. The Labute approximate surface area is 123 Å². The van der Waals surface area contributed by atoms with Crippen LogP contribution < -0.4 is 5.32 Å². The molecule has 0 aliphatic heterocycles. The molecule has 1 rings (SSSR count). The number of carbonyl (C=O) groups is 2. The van der Waals surface area contributed by atoms with Crippen molar-refractivity contribution in [2.75, 3.05) is 12.9 Å². The van der Waals surface area contributed by atoms with E-state index in [-0.39, 0.29) is 11.9 Å². The molecule has 0 radical (unpaired) electrons. The standard InChI is InChI=1S/C14H21NO4S/c1-5-9(2)15-13(16)8-20-7-11-6-12(10(3)19-11)14(17)18-4/h6,9H,5,7-8H2,1-4H3,(H,15,16)/t9-/m0/s1. The van der Waals surface area contributed by atoms with E-state index in [1.807, 2.05) is 13.8 Å². The average molecular weight is 299 g/mol. The largest absolute Gasteiger partial charge is 0.465 e. The Morgan fingerprint density at radius 3 is 2.80 bits per heavy atom. The van der Waals surface area contributed by atoms with Crippen LogP contribution in [-0.4, -0.2) is 30.8 Å². The molecule has 1 amide bonds. The second-order valence-corrected chi connectivity index (χ2v) is 5.53. The lowest BCUT2D eigenvalue weighted by Gasteiger charge is -2.10. The minimum absolute atomic E-state index is 0.0146. The van der Waals surface area contributed by atoms with Gasteiger partial charge in [-0.3, -0.25) is 4.79 Å². The molecule has 5 nitrogen and oxygen atoms in total. The molecule has 6 heteroatoms. The van der Waals surface area contributed by atoms with Gasteiger partial charge >= 0.3 is 5.97 Å². The van der Waals surface area contributed by atoms with Crippen molar-refractivity contribution < 1.29 is 18.7 Å². The Balaban J connectivity index is 2.43. The zero-order valence-corrected chi connectivity index (χ0v) is 13.1. The van der Waals surface area contributed by atoms with Crippen LogP contribution in [0.2, 0.25) is 0 Å². The van der Waals surface area contributed by atoms with Gasteiger partial charge < -0.3 is 14.5 Å². The number of hydrogen-bond acceptors (Lipinski definition) is 5. The summed E-state index contributed by atoms with van der Waals surface area (Å²) in [6, 6.07) is 1.86. The SMILES string of the molecule is CC[C@H](C)NC(=O)CSCc1cc(C(=O)OC)c(C)o1. The number of nitrogens with one attached hydrogen (secondary N) is 1. The van der Waals surface area contributed by atoms with Crippen molar-refractivity contribution in [3.05, 3.63) is 23.2 Å². The minimum atomic E-state index is -0.406. The fourth-order valence-corrected chi connectivity index (χ4v) is 2.30. The van der Waals surface area contributed by atoms with E-state index in [9.17, 15) is 9.59 Å². The molecule has 1 aromatic rings. The maximum atomic E-state index is 11.6. The zero-order valence-electron chi connectivity index (χ0n) is 12.3. The molecular weight excluding hydrogens is 278 g/mol. The van der Waals surface area contributed by atoms with Crippen molar-refractivity contribution in [3.63, 3.8) is 0 Å². The number of methoxy groups -OCH3 is 1. The summed E-state index contributed by atoms with van der Waals surface area (Å²) in [7, 11) is 1.34. The third kappa shape index (κ3) is 4.92. The molecule has 1 heterocycles. The van der Waals surface area contributed by atoms with Crippen molar-refractivity contribution >= 4 is 23.6 Å². The Hall–Kier alpha value is -1.43. The highest BCUT2D eigenvalue weighted by Gasteiger charge is 2.15. The van der Waals surface area contributed by atoms with Crippen LogP contribution in [0.25, 0.3) is 0 Å². The first kappa shape index (κ1) is 16.6. The summed E-state index contributed by atoms with van der Waals surface area (Å²) < 4.78 is 10.1. The van der Waals surface area contributed by atoms with Gasteiger partial charge in [0.25, 0.3) is 0 Å². The molecule has 0 saturated carbocycles. The van der Waals surface area contributed by atoms with Crippen LogP contribution in [0.5, 0.6) is 0 Å². The van der Waals surface area contributed by atoms with Gasteiger partial charge in [0.05, 0.1) is 18.6 Å². The van der Waals surface area contributed by atoms with Gasteiger partial charge in [-0.15, -0.1) is 11.8 Å². The molecule has 0 unspecified atom stereocenters. The number of rotatable bonds is 7. The summed E-state index contributed by atoms with van der Waals surface area (Å²) in [5.41, 5.74) is 0.437. The molecule has 0 spiro atoms. The highest BCUT2D eigenvalue weighted by molar-refractivity contribution is 7.99. The monoisotopic (exact) mass is 299 g/mol. The van der Waals surface area contributed by atoms with E-state index in [0.29, 0.717) is 28.6 Å². The number of thioether (sulfide) groups is 1. The van der Waals surface area contributed by atoms with E-state index in [2.05, 4.69) is 10.1 Å². The summed E-state index contributed by atoms with van der Waals surface area (Å²) in [4.78, 5) is 23.0. The Kier molecular flexibility index (Phi) is 6.64. The van der Waals surface area contributed by atoms with Crippen LogP contribution >= 0.6 is 11.8 Å². The van der Waals surface area contributed by atoms with Gasteiger partial charge in [-0.05, 0) is 26.3 Å². The van der Waals surface area contributed by atoms with Crippen LogP contribution in [-0.2, 0) is 15.3 Å². The summed E-state index contributed by atoms with van der Waals surface area (Å²) >= 11 is 1.45. The van der Waals surface area contributed by atoms with Gasteiger partial charge in [0.1, 0.15) is 17.1 Å². The van der Waals surface area contributed by atoms with E-state index >= 15 is 0 Å². The topological polar surface area (TPSA) is 68.5 Å². The van der Waals surface area contributed by atoms with Crippen LogP contribution in [0.15, 0.2) is 10.5 Å². The first-order valence-electron chi connectivity index (χ1n) is 6.52. The normalized spacial score (nSPS) is 12.0. The molecule has 112 valence electrons. The lowest BCUT2D eigenvalue weighted by Crippen LogP contribution is -2.33. The van der Waals surface area contributed by atoms with Gasteiger partial charge in [-0.1, -0.05) is 6.92 Å². The van der Waals surface area contributed by atoms with Crippen molar-refractivity contribution in [2.24, 2.45) is 0 Å². The second-order valence-electron chi connectivity index (χ2n) is 4.54. The maximum absolute atomic E-state index is 11.6. The smallest absolute Gasteiger partial charge is 0.341 e. The molecule has 0 bridgehead atoms. The third-order valence-electron chi connectivity index (χ3n) is 2.87. The van der Waals surface area contributed by atoms with Crippen LogP contribution in [0, 0.1) is 6.92 Å². The number of hydrogen-bond donors (Lipinski definition) is 1. The van der Waals surface area contributed by atoms with Gasteiger partial charge in [-0.2, -0.15) is 0 Å². The predicted molar refractivity (Wildman–Crippen MR) is 78.8 cm³/mol. The molecule has 0 aliphatic rings. The third-order valence-corrected chi connectivity index (χ3v) is 3.83. The van der Waals surface area contributed by atoms with E-state index in [4.69, 9.17) is 4.42 Å². The summed E-state index contributed by atoms with van der Waals surface area (Å²) in [5.74, 6) is 1.74. The van der Waals surface area contributed by atoms with E-state index in [1.165, 1.54) is 18.9 Å². The van der Waals surface area contributed by atoms with Crippen molar-refractivity contribution in [1.29, 1.82) is 0 Å². The van der Waals surface area contributed by atoms with Crippen LogP contribution in [0.4, 0.5) is 0 Å². The maximum Gasteiger partial charge on any atom is 0.341 e. The number of ether oxygens (including phenoxy) is 1. The molecule has 1 atom stereocenters. The van der Waals surface area contributed by atoms with E-state index in [1.54, 1.807) is 13.0 Å². The average Bonchev–Trinajstić information content (AvgIpc) is 2.78. The van der Waals surface area contributed by atoms with Crippen LogP contribution in [0.3, 0.4) is 0 Å². The number of furan rings is 1. The first-order chi connectivity index (χ1) is 9.47. The highest BCUT2D eigenvalue weighted by atomic mass is 32.2. The number of aryl methyl sites for hydroxylation is 1. The van der Waals surface area contributed by atoms with Crippen molar-refractivity contribution in [2.45, 2.75) is 39.0 Å². The second kappa shape index (κ2) is 7.99. The zero-order chi connectivity index (χ0) is 15.1. The molecule has 0 saturated heterocycles. The quantitative estimate of drug-likeness (QED) is 0.784. The fraction of sp³-hybridized carbons (Fsp3) is 0.571. The van der Waals surface area contributed by atoms with Crippen molar-refractivity contribution in [3.8, 4) is 0 Å². The summed E-state index contributed by atoms with van der Waals surface area (Å²) in [5, 5.41) is 2.90. The number of amides is 1. The van der Waals surface area contributed by atoms with E-state index in [0.717, 1.165) is 6.42 Å². The Morgan fingerprint density at radius 1 is 1.50 bits per heavy atom. The first-order valence-corrected chi connectivity index (χ1v) is 7.68. The lowest BCUT2D eigenvalue weighted by molar-refractivity contribution is -0.119. The minimum Gasteiger partial charge on any atom is -0.465 e. The van der Waals surface area contributed by atoms with Gasteiger partial charge in [0, 0.05) is 6.04 Å². The van der Waals surface area contributed by atoms with Gasteiger partial charge in [0.15, 0.2) is 0 Å². The summed E-state index contributed by atoms with van der Waals surface area (Å²) in [6.45, 7) is 5.72. The lowest BCUT2D eigenvalue weighted by atomic mass is 10.2. The molecule has 1 N–H and O–H groups in total. The number of carbonyl (C=O) groups excluding carboxylic acids is 2. The van der Waals surface area contributed by atoms with Gasteiger partial charge in [0.2, 0.25) is 5.91 Å². The predicted octanol–water partition coefficient (Wildman–Crippen LogP) is 2.52. The molecule has 0 aliphatic carbocycles. The summed E-state index contributed by atoms with van der Waals surface area (Å²) in [6.07, 6.45) is 0.913. The fourth-order valence-electron chi connectivity index (χ4n) is 1.59. The Bertz CT molecular complexity index is 470.